The van der Waals surface area contributed by atoms with E-state index in [1.165, 1.54) is 11.6 Å². The van der Waals surface area contributed by atoms with Crippen molar-refractivity contribution in [1.29, 1.82) is 0 Å². The van der Waals surface area contributed by atoms with Crippen LogP contribution in [-0.2, 0) is 22.8 Å². The zero-order chi connectivity index (χ0) is 30.3. The number of nitrogens with zero attached hydrogens (tertiary/aromatic N) is 1. The van der Waals surface area contributed by atoms with Crippen LogP contribution in [0, 0.1) is 13.8 Å². The second-order valence-electron chi connectivity index (χ2n) is 10.1. The van der Waals surface area contributed by atoms with Crippen LogP contribution >= 0.6 is 0 Å². The number of amides is 4. The fourth-order valence-electron chi connectivity index (χ4n) is 4.45. The standard InChI is InChI=1S/C35H32N2O6/c1-4-41-32-20-27(13-18-31(32)43-22-26-11-7-24(3)8-12-26)19-30-33(38)36-35(40)37(34(30)39)28-14-16-29(17-15-28)42-21-25-9-5-23(2)6-10-25/h5-20H,4,21-22H2,1-3H3,(H,36,38,40)/b30-19+. The van der Waals surface area contributed by atoms with Gasteiger partial charge in [0.15, 0.2) is 11.5 Å². The molecule has 0 aromatic heterocycles. The topological polar surface area (TPSA) is 94.2 Å². The number of carbonyl (C=O) groups is 3. The third-order valence-corrected chi connectivity index (χ3v) is 6.82. The number of urea groups is 1. The lowest BCUT2D eigenvalue weighted by Crippen LogP contribution is -2.54. The van der Waals surface area contributed by atoms with Crippen molar-refractivity contribution in [2.45, 2.75) is 34.0 Å². The lowest BCUT2D eigenvalue weighted by Gasteiger charge is -2.26. The Balaban J connectivity index is 1.32. The molecular formula is C35H32N2O6. The molecule has 218 valence electrons. The third kappa shape index (κ3) is 7.11. The Morgan fingerprint density at radius 1 is 0.698 bits per heavy atom. The van der Waals surface area contributed by atoms with Gasteiger partial charge in [-0.15, -0.1) is 0 Å². The van der Waals surface area contributed by atoms with Crippen LogP contribution in [0.4, 0.5) is 10.5 Å². The van der Waals surface area contributed by atoms with Crippen molar-refractivity contribution in [3.8, 4) is 17.2 Å². The van der Waals surface area contributed by atoms with Gasteiger partial charge in [0, 0.05) is 0 Å². The van der Waals surface area contributed by atoms with Gasteiger partial charge >= 0.3 is 6.03 Å². The zero-order valence-corrected chi connectivity index (χ0v) is 24.3. The monoisotopic (exact) mass is 576 g/mol. The Morgan fingerprint density at radius 3 is 1.91 bits per heavy atom. The summed E-state index contributed by atoms with van der Waals surface area (Å²) in [6.07, 6.45) is 1.43. The minimum Gasteiger partial charge on any atom is -0.490 e. The van der Waals surface area contributed by atoms with Crippen molar-refractivity contribution in [3.63, 3.8) is 0 Å². The smallest absolute Gasteiger partial charge is 0.335 e. The van der Waals surface area contributed by atoms with Gasteiger partial charge in [0.25, 0.3) is 11.8 Å². The van der Waals surface area contributed by atoms with Crippen molar-refractivity contribution < 1.29 is 28.6 Å². The molecule has 1 fully saturated rings. The van der Waals surface area contributed by atoms with Gasteiger partial charge in [0.2, 0.25) is 0 Å². The maximum atomic E-state index is 13.4. The molecular weight excluding hydrogens is 544 g/mol. The first-order chi connectivity index (χ1) is 20.8. The van der Waals surface area contributed by atoms with E-state index in [0.717, 1.165) is 21.6 Å². The van der Waals surface area contributed by atoms with Crippen LogP contribution in [0.5, 0.6) is 17.2 Å². The summed E-state index contributed by atoms with van der Waals surface area (Å²) in [5.41, 5.74) is 5.02. The minimum atomic E-state index is -0.824. The molecule has 43 heavy (non-hydrogen) atoms. The van der Waals surface area contributed by atoms with Gasteiger partial charge in [-0.3, -0.25) is 14.9 Å². The largest absolute Gasteiger partial charge is 0.490 e. The number of imide groups is 2. The van der Waals surface area contributed by atoms with Crippen molar-refractivity contribution in [1.82, 2.24) is 5.32 Å². The Morgan fingerprint density at radius 2 is 1.30 bits per heavy atom. The molecule has 4 aromatic rings. The van der Waals surface area contributed by atoms with E-state index in [2.05, 4.69) is 5.32 Å². The lowest BCUT2D eigenvalue weighted by atomic mass is 10.1. The predicted octanol–water partition coefficient (Wildman–Crippen LogP) is 6.53. The zero-order valence-electron chi connectivity index (χ0n) is 24.3. The van der Waals surface area contributed by atoms with Gasteiger partial charge in [-0.05, 0) is 79.9 Å². The van der Waals surface area contributed by atoms with E-state index < -0.39 is 17.8 Å². The van der Waals surface area contributed by atoms with Gasteiger partial charge < -0.3 is 14.2 Å². The number of rotatable bonds is 10. The molecule has 1 heterocycles. The molecule has 1 aliphatic heterocycles. The average molecular weight is 577 g/mol. The molecule has 4 aromatic carbocycles. The summed E-state index contributed by atoms with van der Waals surface area (Å²) in [7, 11) is 0. The highest BCUT2D eigenvalue weighted by Crippen LogP contribution is 2.31. The lowest BCUT2D eigenvalue weighted by molar-refractivity contribution is -0.122. The summed E-state index contributed by atoms with van der Waals surface area (Å²) in [6.45, 7) is 7.03. The number of ether oxygens (including phenoxy) is 3. The van der Waals surface area contributed by atoms with E-state index in [4.69, 9.17) is 14.2 Å². The third-order valence-electron chi connectivity index (χ3n) is 6.82. The van der Waals surface area contributed by atoms with Crippen LogP contribution in [0.3, 0.4) is 0 Å². The molecule has 1 saturated heterocycles. The summed E-state index contributed by atoms with van der Waals surface area (Å²) in [5.74, 6) is 0.0724. The van der Waals surface area contributed by atoms with E-state index in [1.807, 2.05) is 69.3 Å². The van der Waals surface area contributed by atoms with Crippen LogP contribution < -0.4 is 24.4 Å². The first-order valence-electron chi connectivity index (χ1n) is 14.0. The van der Waals surface area contributed by atoms with Gasteiger partial charge in [-0.1, -0.05) is 65.7 Å². The number of anilines is 1. The molecule has 0 radical (unpaired) electrons. The molecule has 0 bridgehead atoms. The van der Waals surface area contributed by atoms with Crippen LogP contribution in [0.1, 0.15) is 34.7 Å². The SMILES string of the molecule is CCOc1cc(/C=C2\C(=O)NC(=O)N(c3ccc(OCc4ccc(C)cc4)cc3)C2=O)ccc1OCc1ccc(C)cc1. The fraction of sp³-hybridized carbons (Fsp3) is 0.171. The normalized spacial score (nSPS) is 14.1. The molecule has 8 nitrogen and oxygen atoms in total. The van der Waals surface area contributed by atoms with E-state index in [0.29, 0.717) is 48.3 Å². The summed E-state index contributed by atoms with van der Waals surface area (Å²) < 4.78 is 17.6. The summed E-state index contributed by atoms with van der Waals surface area (Å²) in [4.78, 5) is 39.8. The Labute approximate surface area is 250 Å². The van der Waals surface area contributed by atoms with Gasteiger partial charge in [0.05, 0.1) is 12.3 Å². The molecule has 1 N–H and O–H groups in total. The number of hydrogen-bond acceptors (Lipinski definition) is 6. The fourth-order valence-corrected chi connectivity index (χ4v) is 4.45. The second kappa shape index (κ2) is 13.1. The Kier molecular flexibility index (Phi) is 8.86. The van der Waals surface area contributed by atoms with Crippen LogP contribution in [0.25, 0.3) is 6.08 Å². The molecule has 0 unspecified atom stereocenters. The van der Waals surface area contributed by atoms with Crippen molar-refractivity contribution in [2.24, 2.45) is 0 Å². The second-order valence-corrected chi connectivity index (χ2v) is 10.1. The van der Waals surface area contributed by atoms with Gasteiger partial charge in [0.1, 0.15) is 24.5 Å². The van der Waals surface area contributed by atoms with Crippen molar-refractivity contribution in [2.75, 3.05) is 11.5 Å². The maximum Gasteiger partial charge on any atom is 0.335 e. The number of hydrogen-bond donors (Lipinski definition) is 1. The molecule has 8 heteroatoms. The summed E-state index contributed by atoms with van der Waals surface area (Å²) in [5, 5.41) is 2.26. The molecule has 0 aliphatic carbocycles. The highest BCUT2D eigenvalue weighted by atomic mass is 16.5. The molecule has 0 spiro atoms. The van der Waals surface area contributed by atoms with E-state index in [9.17, 15) is 14.4 Å². The number of carbonyl (C=O) groups excluding carboxylic acids is 3. The number of benzene rings is 4. The number of barbiturate groups is 1. The molecule has 5 rings (SSSR count). The molecule has 4 amide bonds. The highest BCUT2D eigenvalue weighted by Gasteiger charge is 2.36. The van der Waals surface area contributed by atoms with Crippen LogP contribution in [0.15, 0.2) is 96.6 Å². The number of aryl methyl sites for hydroxylation is 2. The molecule has 0 atom stereocenters. The summed E-state index contributed by atoms with van der Waals surface area (Å²) in [6, 6.07) is 26.9. The first kappa shape index (κ1) is 29.1. The van der Waals surface area contributed by atoms with Crippen LogP contribution in [0.2, 0.25) is 0 Å². The summed E-state index contributed by atoms with van der Waals surface area (Å²) >= 11 is 0. The predicted molar refractivity (Wildman–Crippen MR) is 164 cm³/mol. The van der Waals surface area contributed by atoms with Crippen molar-refractivity contribution >= 4 is 29.6 Å². The van der Waals surface area contributed by atoms with Crippen LogP contribution in [-0.4, -0.2) is 24.5 Å². The average Bonchev–Trinajstić information content (AvgIpc) is 3.00. The molecule has 0 saturated carbocycles. The van der Waals surface area contributed by atoms with E-state index >= 15 is 0 Å². The van der Waals surface area contributed by atoms with E-state index in [-0.39, 0.29) is 5.57 Å². The Hall–Kier alpha value is -5.37. The minimum absolute atomic E-state index is 0.185. The first-order valence-corrected chi connectivity index (χ1v) is 14.0. The molecule has 1 aliphatic rings. The van der Waals surface area contributed by atoms with E-state index in [1.54, 1.807) is 42.5 Å². The maximum absolute atomic E-state index is 13.4. The quantitative estimate of drug-likeness (QED) is 0.171. The Bertz CT molecular complexity index is 1660. The number of nitrogens with one attached hydrogen (secondary N) is 1. The highest BCUT2D eigenvalue weighted by molar-refractivity contribution is 6.39. The van der Waals surface area contributed by atoms with Crippen molar-refractivity contribution in [3.05, 3.63) is 124 Å². The van der Waals surface area contributed by atoms with Gasteiger partial charge in [-0.25, -0.2) is 9.69 Å². The van der Waals surface area contributed by atoms with Gasteiger partial charge in [-0.2, -0.15) is 0 Å².